The second-order valence-electron chi connectivity index (χ2n) is 5.20. The highest BCUT2D eigenvalue weighted by molar-refractivity contribution is 5.94. The Hall–Kier alpha value is -2.02. The fourth-order valence-corrected chi connectivity index (χ4v) is 2.41. The lowest BCUT2D eigenvalue weighted by Gasteiger charge is -2.11. The summed E-state index contributed by atoms with van der Waals surface area (Å²) < 4.78 is 26.8. The lowest BCUT2D eigenvalue weighted by atomic mass is 10.1. The number of carbonyl (C=O) groups excluding carboxylic acids is 2. The van der Waals surface area contributed by atoms with Gasteiger partial charge in [-0.25, -0.2) is 8.78 Å². The third kappa shape index (κ3) is 4.49. The van der Waals surface area contributed by atoms with Gasteiger partial charge in [-0.2, -0.15) is 0 Å². The van der Waals surface area contributed by atoms with Crippen LogP contribution in [-0.4, -0.2) is 37.5 Å². The SMILES string of the molecule is O=C(CC1CCCN1)NCCNC(=O)c1c(F)cccc1F. The molecule has 1 fully saturated rings. The first-order valence-electron chi connectivity index (χ1n) is 7.30. The van der Waals surface area contributed by atoms with E-state index in [-0.39, 0.29) is 25.0 Å². The molecular weight excluding hydrogens is 292 g/mol. The molecule has 1 saturated heterocycles. The van der Waals surface area contributed by atoms with Gasteiger partial charge in [0.25, 0.3) is 5.91 Å². The van der Waals surface area contributed by atoms with E-state index in [9.17, 15) is 18.4 Å². The summed E-state index contributed by atoms with van der Waals surface area (Å²) in [7, 11) is 0. The molecule has 1 aliphatic heterocycles. The third-order valence-corrected chi connectivity index (χ3v) is 3.52. The van der Waals surface area contributed by atoms with Gasteiger partial charge < -0.3 is 16.0 Å². The van der Waals surface area contributed by atoms with Crippen LogP contribution in [0.5, 0.6) is 0 Å². The van der Waals surface area contributed by atoms with Gasteiger partial charge in [0, 0.05) is 25.6 Å². The molecule has 1 unspecified atom stereocenters. The smallest absolute Gasteiger partial charge is 0.257 e. The van der Waals surface area contributed by atoms with Crippen molar-refractivity contribution in [3.63, 3.8) is 0 Å². The molecule has 1 aromatic carbocycles. The number of hydrogen-bond acceptors (Lipinski definition) is 3. The molecule has 0 aliphatic carbocycles. The first-order valence-corrected chi connectivity index (χ1v) is 7.30. The number of benzene rings is 1. The van der Waals surface area contributed by atoms with Crippen LogP contribution in [0.3, 0.4) is 0 Å². The van der Waals surface area contributed by atoms with Crippen molar-refractivity contribution in [1.29, 1.82) is 0 Å². The van der Waals surface area contributed by atoms with Crippen LogP contribution in [0, 0.1) is 11.6 Å². The fraction of sp³-hybridized carbons (Fsp3) is 0.467. The number of nitrogens with one attached hydrogen (secondary N) is 3. The van der Waals surface area contributed by atoms with Gasteiger partial charge in [0.2, 0.25) is 5.91 Å². The van der Waals surface area contributed by atoms with Crippen LogP contribution >= 0.6 is 0 Å². The summed E-state index contributed by atoms with van der Waals surface area (Å²) in [5.41, 5.74) is -0.607. The van der Waals surface area contributed by atoms with Crippen LogP contribution in [0.25, 0.3) is 0 Å². The highest BCUT2D eigenvalue weighted by atomic mass is 19.1. The molecule has 1 atom stereocenters. The zero-order valence-corrected chi connectivity index (χ0v) is 12.1. The normalized spacial score (nSPS) is 17.3. The maximum atomic E-state index is 13.4. The first kappa shape index (κ1) is 16.4. The zero-order valence-electron chi connectivity index (χ0n) is 12.1. The van der Waals surface area contributed by atoms with Crippen LogP contribution < -0.4 is 16.0 Å². The molecule has 3 N–H and O–H groups in total. The molecule has 0 spiro atoms. The van der Waals surface area contributed by atoms with Gasteiger partial charge in [-0.1, -0.05) is 6.07 Å². The van der Waals surface area contributed by atoms with E-state index in [0.717, 1.165) is 31.5 Å². The summed E-state index contributed by atoms with van der Waals surface area (Å²) in [6.45, 7) is 1.26. The van der Waals surface area contributed by atoms with Gasteiger partial charge in [0.05, 0.1) is 0 Å². The first-order chi connectivity index (χ1) is 10.6. The molecule has 0 radical (unpaired) electrons. The molecule has 2 rings (SSSR count). The molecule has 1 aliphatic rings. The van der Waals surface area contributed by atoms with Crippen molar-refractivity contribution in [3.05, 3.63) is 35.4 Å². The fourth-order valence-electron chi connectivity index (χ4n) is 2.41. The molecule has 1 aromatic rings. The summed E-state index contributed by atoms with van der Waals surface area (Å²) in [6, 6.07) is 3.45. The predicted molar refractivity (Wildman–Crippen MR) is 77.3 cm³/mol. The van der Waals surface area contributed by atoms with Gasteiger partial charge in [0.1, 0.15) is 17.2 Å². The largest absolute Gasteiger partial charge is 0.354 e. The summed E-state index contributed by atoms with van der Waals surface area (Å²) in [6.07, 6.45) is 2.45. The molecule has 2 amide bonds. The highest BCUT2D eigenvalue weighted by Crippen LogP contribution is 2.11. The lowest BCUT2D eigenvalue weighted by Crippen LogP contribution is -2.37. The van der Waals surface area contributed by atoms with Crippen molar-refractivity contribution in [3.8, 4) is 0 Å². The maximum absolute atomic E-state index is 13.4. The number of amides is 2. The standard InChI is InChI=1S/C15H19F2N3O2/c16-11-4-1-5-12(17)14(11)15(22)20-8-7-19-13(21)9-10-3-2-6-18-10/h1,4-5,10,18H,2-3,6-9H2,(H,19,21)(H,20,22). The zero-order chi connectivity index (χ0) is 15.9. The average Bonchev–Trinajstić information content (AvgIpc) is 2.96. The Kier molecular flexibility index (Phi) is 5.83. The second-order valence-corrected chi connectivity index (χ2v) is 5.20. The topological polar surface area (TPSA) is 70.2 Å². The molecule has 0 saturated carbocycles. The van der Waals surface area contributed by atoms with Crippen molar-refractivity contribution in [1.82, 2.24) is 16.0 Å². The third-order valence-electron chi connectivity index (χ3n) is 3.52. The number of carbonyl (C=O) groups is 2. The Morgan fingerprint density at radius 1 is 1.18 bits per heavy atom. The van der Waals surface area contributed by atoms with E-state index < -0.39 is 23.1 Å². The Labute approximate surface area is 127 Å². The van der Waals surface area contributed by atoms with Crippen molar-refractivity contribution in [2.75, 3.05) is 19.6 Å². The monoisotopic (exact) mass is 311 g/mol. The van der Waals surface area contributed by atoms with Crippen LogP contribution in [0.1, 0.15) is 29.6 Å². The minimum Gasteiger partial charge on any atom is -0.354 e. The van der Waals surface area contributed by atoms with Crippen molar-refractivity contribution in [2.45, 2.75) is 25.3 Å². The van der Waals surface area contributed by atoms with Gasteiger partial charge >= 0.3 is 0 Å². The van der Waals surface area contributed by atoms with Crippen LogP contribution in [-0.2, 0) is 4.79 Å². The average molecular weight is 311 g/mol. The van der Waals surface area contributed by atoms with E-state index >= 15 is 0 Å². The number of halogens is 2. The summed E-state index contributed by atoms with van der Waals surface area (Å²) in [5, 5.41) is 8.26. The number of rotatable bonds is 6. The Bertz CT molecular complexity index is 525. The van der Waals surface area contributed by atoms with E-state index in [1.807, 2.05) is 0 Å². The highest BCUT2D eigenvalue weighted by Gasteiger charge is 2.18. The Morgan fingerprint density at radius 3 is 2.50 bits per heavy atom. The van der Waals surface area contributed by atoms with Gasteiger partial charge in [-0.05, 0) is 31.5 Å². The molecular formula is C15H19F2N3O2. The molecule has 7 heteroatoms. The molecule has 0 aromatic heterocycles. The van der Waals surface area contributed by atoms with E-state index in [2.05, 4.69) is 16.0 Å². The van der Waals surface area contributed by atoms with Crippen LogP contribution in [0.15, 0.2) is 18.2 Å². The van der Waals surface area contributed by atoms with Crippen LogP contribution in [0.2, 0.25) is 0 Å². The molecule has 0 bridgehead atoms. The summed E-state index contributed by atoms with van der Waals surface area (Å²) in [5.74, 6) is -2.75. The predicted octanol–water partition coefficient (Wildman–Crippen LogP) is 0.953. The second kappa shape index (κ2) is 7.84. The van der Waals surface area contributed by atoms with Crippen molar-refractivity contribution in [2.24, 2.45) is 0 Å². The summed E-state index contributed by atoms with van der Waals surface area (Å²) in [4.78, 5) is 23.3. The molecule has 5 nitrogen and oxygen atoms in total. The van der Waals surface area contributed by atoms with Gasteiger partial charge in [-0.15, -0.1) is 0 Å². The van der Waals surface area contributed by atoms with E-state index in [1.54, 1.807) is 0 Å². The van der Waals surface area contributed by atoms with Crippen molar-refractivity contribution < 1.29 is 18.4 Å². The summed E-state index contributed by atoms with van der Waals surface area (Å²) >= 11 is 0. The molecule has 1 heterocycles. The number of hydrogen-bond donors (Lipinski definition) is 3. The van der Waals surface area contributed by atoms with Gasteiger partial charge in [-0.3, -0.25) is 9.59 Å². The lowest BCUT2D eigenvalue weighted by molar-refractivity contribution is -0.121. The van der Waals surface area contributed by atoms with Crippen molar-refractivity contribution >= 4 is 11.8 Å². The minimum absolute atomic E-state index is 0.106. The Balaban J connectivity index is 1.70. The quantitative estimate of drug-likeness (QED) is 0.685. The van der Waals surface area contributed by atoms with Gasteiger partial charge in [0.15, 0.2) is 0 Å². The minimum atomic E-state index is -0.908. The maximum Gasteiger partial charge on any atom is 0.257 e. The molecule has 120 valence electrons. The van der Waals surface area contributed by atoms with Crippen LogP contribution in [0.4, 0.5) is 8.78 Å². The van der Waals surface area contributed by atoms with E-state index in [1.165, 1.54) is 6.07 Å². The van der Waals surface area contributed by atoms with E-state index in [4.69, 9.17) is 0 Å². The molecule has 22 heavy (non-hydrogen) atoms. The van der Waals surface area contributed by atoms with E-state index in [0.29, 0.717) is 6.42 Å². The Morgan fingerprint density at radius 2 is 1.86 bits per heavy atom.